The number of unbranched alkanes of at least 4 members (excludes halogenated alkanes) is 65. The molecule has 113 heavy (non-hydrogen) atoms. The van der Waals surface area contributed by atoms with Gasteiger partial charge in [0, 0.05) is 25.7 Å². The molecule has 17 nitrogen and oxygen atoms in total. The number of phosphoric acid groups is 2. The maximum absolute atomic E-state index is 13.2. The molecule has 0 spiro atoms. The van der Waals surface area contributed by atoms with Crippen LogP contribution in [0.1, 0.15) is 516 Å². The fourth-order valence-electron chi connectivity index (χ4n) is 14.9. The summed E-state index contributed by atoms with van der Waals surface area (Å²) in [4.78, 5) is 73.5. The second-order valence-corrected chi connectivity index (χ2v) is 36.9. The number of carbonyl (C=O) groups is 4. The predicted octanol–water partition coefficient (Wildman–Crippen LogP) is 29.5. The minimum Gasteiger partial charge on any atom is -0.462 e. The van der Waals surface area contributed by atoms with E-state index in [2.05, 4.69) is 34.6 Å². The molecule has 0 radical (unpaired) electrons. The number of hydrogen-bond donors (Lipinski definition) is 3. The molecular weight excluding hydrogens is 1460 g/mol. The van der Waals surface area contributed by atoms with Crippen molar-refractivity contribution in [3.05, 3.63) is 0 Å². The van der Waals surface area contributed by atoms with Crippen LogP contribution in [0.2, 0.25) is 0 Å². The zero-order chi connectivity index (χ0) is 82.6. The van der Waals surface area contributed by atoms with E-state index in [0.717, 1.165) is 95.8 Å². The summed E-state index contributed by atoms with van der Waals surface area (Å²) < 4.78 is 69.2. The number of phosphoric ester groups is 2. The molecule has 0 aliphatic heterocycles. The van der Waals surface area contributed by atoms with Gasteiger partial charge in [0.2, 0.25) is 0 Å². The molecule has 0 aliphatic rings. The Balaban J connectivity index is 5.25. The molecule has 6 atom stereocenters. The molecule has 0 rings (SSSR count). The van der Waals surface area contributed by atoms with E-state index in [1.165, 1.54) is 340 Å². The number of ether oxygens (including phenoxy) is 4. The lowest BCUT2D eigenvalue weighted by atomic mass is 9.99. The van der Waals surface area contributed by atoms with Gasteiger partial charge in [0.15, 0.2) is 12.2 Å². The number of aliphatic hydroxyl groups excluding tert-OH is 1. The highest BCUT2D eigenvalue weighted by Gasteiger charge is 2.31. The fraction of sp³-hybridized carbons (Fsp3) is 0.957. The topological polar surface area (TPSA) is 237 Å². The van der Waals surface area contributed by atoms with Crippen molar-refractivity contribution in [2.24, 2.45) is 5.92 Å². The summed E-state index contributed by atoms with van der Waals surface area (Å²) in [5.41, 5.74) is 0. The summed E-state index contributed by atoms with van der Waals surface area (Å²) in [6, 6.07) is 0. The molecule has 0 aromatic carbocycles. The van der Waals surface area contributed by atoms with Crippen molar-refractivity contribution in [2.75, 3.05) is 39.6 Å². The zero-order valence-corrected chi connectivity index (χ0v) is 76.3. The molecule has 0 bridgehead atoms. The van der Waals surface area contributed by atoms with Crippen LogP contribution < -0.4 is 0 Å². The first-order valence-electron chi connectivity index (χ1n) is 48.7. The van der Waals surface area contributed by atoms with E-state index in [0.29, 0.717) is 25.7 Å². The second kappa shape index (κ2) is 86.4. The molecule has 0 saturated heterocycles. The molecular formula is C94H184O17P2. The average Bonchev–Trinajstić information content (AvgIpc) is 0.917. The highest BCUT2D eigenvalue weighted by atomic mass is 31.2. The Labute approximate surface area is 696 Å². The van der Waals surface area contributed by atoms with Crippen LogP contribution in [0.15, 0.2) is 0 Å². The molecule has 0 aromatic rings. The molecule has 0 saturated carbocycles. The summed E-state index contributed by atoms with van der Waals surface area (Å²) in [5.74, 6) is -1.22. The zero-order valence-electron chi connectivity index (χ0n) is 74.5. The Hall–Kier alpha value is -1.94. The molecule has 672 valence electrons. The molecule has 19 heteroatoms. The van der Waals surface area contributed by atoms with Crippen LogP contribution in [0.5, 0.6) is 0 Å². The summed E-state index contributed by atoms with van der Waals surface area (Å²) in [7, 11) is -9.94. The van der Waals surface area contributed by atoms with Gasteiger partial charge in [-0.2, -0.15) is 0 Å². The van der Waals surface area contributed by atoms with Crippen LogP contribution >= 0.6 is 15.6 Å². The minimum absolute atomic E-state index is 0.110. The molecule has 0 amide bonds. The SMILES string of the molecule is CCCCCCCCCCCCCCCCCCCCCCCC(=O)OC[C@H](COP(=O)(O)OC[C@@H](O)COP(=O)(O)OC[C@@H](COC(=O)CCCCCCCCCCCCCCC)OC(=O)CCCCCCCCCCCCCCCCCCC)OC(=O)CCCCCCCCCCCCCCCCCCCCC(C)CC. The highest BCUT2D eigenvalue weighted by molar-refractivity contribution is 7.47. The van der Waals surface area contributed by atoms with E-state index in [1.54, 1.807) is 0 Å². The van der Waals surface area contributed by atoms with E-state index in [4.69, 9.17) is 37.0 Å². The van der Waals surface area contributed by atoms with E-state index in [9.17, 15) is 43.2 Å². The van der Waals surface area contributed by atoms with Gasteiger partial charge in [0.1, 0.15) is 19.3 Å². The van der Waals surface area contributed by atoms with Gasteiger partial charge < -0.3 is 33.8 Å². The van der Waals surface area contributed by atoms with Crippen molar-refractivity contribution in [3.8, 4) is 0 Å². The normalized spacial score (nSPS) is 13.9. The van der Waals surface area contributed by atoms with Gasteiger partial charge in [0.05, 0.1) is 26.4 Å². The third-order valence-corrected chi connectivity index (χ3v) is 24.5. The average molecular weight is 1650 g/mol. The lowest BCUT2D eigenvalue weighted by Crippen LogP contribution is -2.30. The van der Waals surface area contributed by atoms with Crippen LogP contribution in [0.25, 0.3) is 0 Å². The van der Waals surface area contributed by atoms with Gasteiger partial charge in [-0.25, -0.2) is 9.13 Å². The Morgan fingerprint density at radius 1 is 0.248 bits per heavy atom. The van der Waals surface area contributed by atoms with E-state index in [-0.39, 0.29) is 25.7 Å². The number of hydrogen-bond acceptors (Lipinski definition) is 15. The van der Waals surface area contributed by atoms with Gasteiger partial charge in [-0.15, -0.1) is 0 Å². The van der Waals surface area contributed by atoms with Crippen molar-refractivity contribution >= 4 is 39.5 Å². The van der Waals surface area contributed by atoms with Gasteiger partial charge in [-0.3, -0.25) is 37.3 Å². The summed E-state index contributed by atoms with van der Waals surface area (Å²) >= 11 is 0. The second-order valence-electron chi connectivity index (χ2n) is 34.0. The molecule has 0 heterocycles. The predicted molar refractivity (Wildman–Crippen MR) is 469 cm³/mol. The monoisotopic (exact) mass is 1650 g/mol. The van der Waals surface area contributed by atoms with Crippen LogP contribution in [0.3, 0.4) is 0 Å². The summed E-state index contributed by atoms with van der Waals surface area (Å²) in [6.07, 6.45) is 83.3. The van der Waals surface area contributed by atoms with Crippen molar-refractivity contribution in [1.82, 2.24) is 0 Å². The third kappa shape index (κ3) is 86.3. The Morgan fingerprint density at radius 2 is 0.425 bits per heavy atom. The van der Waals surface area contributed by atoms with Crippen LogP contribution in [-0.4, -0.2) is 96.7 Å². The highest BCUT2D eigenvalue weighted by Crippen LogP contribution is 2.45. The van der Waals surface area contributed by atoms with Gasteiger partial charge in [-0.05, 0) is 31.6 Å². The minimum atomic E-state index is -4.97. The Bertz CT molecular complexity index is 2140. The number of rotatable bonds is 94. The third-order valence-electron chi connectivity index (χ3n) is 22.6. The quantitative estimate of drug-likeness (QED) is 0.0222. The first kappa shape index (κ1) is 111. The first-order chi connectivity index (χ1) is 55.1. The number of aliphatic hydroxyl groups is 1. The standard InChI is InChI=1S/C94H184O17P2/c1-6-10-13-16-19-22-25-28-30-32-33-34-35-40-43-48-53-58-63-68-73-78-92(97)105-84-90(111-94(99)80-75-70-65-60-55-50-45-41-37-36-39-42-47-51-56-61-66-71-76-87(5)9-4)86-109-113(102,103)107-82-88(95)81-106-112(100,101)108-85-89(83-104-91(96)77-72-67-62-57-52-46-27-24-21-18-15-12-8-3)110-93(98)79-74-69-64-59-54-49-44-38-31-29-26-23-20-17-14-11-7-2/h87-90,95H,6-86H2,1-5H3,(H,100,101)(H,102,103)/t87?,88-,89+,90+/m0/s1. The molecule has 3 N–H and O–H groups in total. The van der Waals surface area contributed by atoms with Crippen LogP contribution in [-0.2, 0) is 65.4 Å². The van der Waals surface area contributed by atoms with Gasteiger partial charge in [-0.1, -0.05) is 465 Å². The van der Waals surface area contributed by atoms with Crippen molar-refractivity contribution < 1.29 is 80.2 Å². The summed E-state index contributed by atoms with van der Waals surface area (Å²) in [5, 5.41) is 10.7. The molecule has 0 aromatic heterocycles. The molecule has 3 unspecified atom stereocenters. The summed E-state index contributed by atoms with van der Waals surface area (Å²) in [6.45, 7) is 7.49. The van der Waals surface area contributed by atoms with E-state index >= 15 is 0 Å². The maximum atomic E-state index is 13.2. The largest absolute Gasteiger partial charge is 0.472 e. The molecule has 0 aliphatic carbocycles. The van der Waals surface area contributed by atoms with Crippen molar-refractivity contribution in [1.29, 1.82) is 0 Å². The lowest BCUT2D eigenvalue weighted by molar-refractivity contribution is -0.161. The van der Waals surface area contributed by atoms with Crippen LogP contribution in [0.4, 0.5) is 0 Å². The van der Waals surface area contributed by atoms with E-state index < -0.39 is 97.5 Å². The fourth-order valence-corrected chi connectivity index (χ4v) is 16.4. The van der Waals surface area contributed by atoms with E-state index in [1.807, 2.05) is 0 Å². The number of carbonyl (C=O) groups excluding carboxylic acids is 4. The Morgan fingerprint density at radius 3 is 0.628 bits per heavy atom. The Kier molecular flexibility index (Phi) is 85.0. The van der Waals surface area contributed by atoms with Crippen LogP contribution in [0, 0.1) is 5.92 Å². The lowest BCUT2D eigenvalue weighted by Gasteiger charge is -2.21. The van der Waals surface area contributed by atoms with Crippen molar-refractivity contribution in [3.63, 3.8) is 0 Å². The molecule has 0 fully saturated rings. The smallest absolute Gasteiger partial charge is 0.462 e. The number of esters is 4. The maximum Gasteiger partial charge on any atom is 0.472 e. The first-order valence-corrected chi connectivity index (χ1v) is 51.7. The van der Waals surface area contributed by atoms with Gasteiger partial charge in [0.25, 0.3) is 0 Å². The van der Waals surface area contributed by atoms with Crippen molar-refractivity contribution in [2.45, 2.75) is 534 Å². The van der Waals surface area contributed by atoms with Gasteiger partial charge >= 0.3 is 39.5 Å².